The van der Waals surface area contributed by atoms with E-state index >= 15 is 0 Å². The highest BCUT2D eigenvalue weighted by Crippen LogP contribution is 2.20. The number of nitrogens with zero attached hydrogens (tertiary/aromatic N) is 1. The van der Waals surface area contributed by atoms with Gasteiger partial charge in [-0.05, 0) is 28.9 Å². The number of nitrogens with two attached hydrogens (primary N) is 1. The molecule has 2 N–H and O–H groups in total. The summed E-state index contributed by atoms with van der Waals surface area (Å²) in [4.78, 5) is 15.1. The van der Waals surface area contributed by atoms with Gasteiger partial charge < -0.3 is 10.5 Å². The molecular weight excluding hydrogens is 236 g/mol. The summed E-state index contributed by atoms with van der Waals surface area (Å²) in [5, 5.41) is 0. The predicted octanol–water partition coefficient (Wildman–Crippen LogP) is 1.52. The Labute approximate surface area is 84.2 Å². The van der Waals surface area contributed by atoms with Crippen molar-refractivity contribution in [3.8, 4) is 0 Å². The number of carbonyl (C=O) groups excluding carboxylic acids is 1. The zero-order chi connectivity index (χ0) is 10.0. The van der Waals surface area contributed by atoms with Crippen LogP contribution >= 0.6 is 15.9 Å². The number of hydrogen-bond donors (Lipinski definition) is 1. The molecule has 1 aromatic heterocycles. The van der Waals surface area contributed by atoms with Gasteiger partial charge in [0.25, 0.3) is 0 Å². The van der Waals surface area contributed by atoms with Crippen LogP contribution in [0.25, 0.3) is 0 Å². The second kappa shape index (κ2) is 3.74. The van der Waals surface area contributed by atoms with Gasteiger partial charge in [-0.2, -0.15) is 0 Å². The van der Waals surface area contributed by atoms with E-state index in [2.05, 4.69) is 25.7 Å². The number of anilines is 1. The summed E-state index contributed by atoms with van der Waals surface area (Å²) in [6.07, 6.45) is 0. The van der Waals surface area contributed by atoms with E-state index < -0.39 is 5.97 Å². The highest BCUT2D eigenvalue weighted by Gasteiger charge is 2.12. The van der Waals surface area contributed by atoms with Crippen molar-refractivity contribution in [2.75, 3.05) is 12.8 Å². The molecular formula is C8H9BrN2O2. The number of hydrogen-bond acceptors (Lipinski definition) is 4. The van der Waals surface area contributed by atoms with Gasteiger partial charge in [0.05, 0.1) is 22.8 Å². The normalized spacial score (nSPS) is 9.77. The van der Waals surface area contributed by atoms with Crippen LogP contribution in [0.3, 0.4) is 0 Å². The molecule has 0 saturated carbocycles. The monoisotopic (exact) mass is 244 g/mol. The van der Waals surface area contributed by atoms with Crippen molar-refractivity contribution in [1.29, 1.82) is 0 Å². The molecule has 1 aromatic rings. The van der Waals surface area contributed by atoms with Gasteiger partial charge in [-0.15, -0.1) is 0 Å². The Bertz CT molecular complexity index is 352. The molecule has 0 aliphatic rings. The molecule has 13 heavy (non-hydrogen) atoms. The van der Waals surface area contributed by atoms with E-state index in [-0.39, 0.29) is 0 Å². The second-order valence-corrected chi connectivity index (χ2v) is 3.33. The lowest BCUT2D eigenvalue weighted by molar-refractivity contribution is 0.0599. The molecule has 5 heteroatoms. The number of halogens is 1. The number of esters is 1. The number of nitrogen functional groups attached to an aromatic ring is 1. The first kappa shape index (κ1) is 9.98. The number of carbonyl (C=O) groups is 1. The number of methoxy groups -OCH3 is 1. The Morgan fingerprint density at radius 3 is 2.85 bits per heavy atom. The van der Waals surface area contributed by atoms with Crippen LogP contribution in [0, 0.1) is 6.92 Å². The van der Waals surface area contributed by atoms with Crippen LogP contribution in [0.4, 0.5) is 5.82 Å². The number of ether oxygens (including phenoxy) is 1. The fraction of sp³-hybridized carbons (Fsp3) is 0.250. The van der Waals surface area contributed by atoms with Crippen LogP contribution in [0.2, 0.25) is 0 Å². The largest absolute Gasteiger partial charge is 0.465 e. The maximum atomic E-state index is 11.2. The van der Waals surface area contributed by atoms with Gasteiger partial charge in [-0.3, -0.25) is 0 Å². The first-order chi connectivity index (χ1) is 6.06. The number of aromatic nitrogens is 1. The molecule has 0 amide bonds. The molecule has 0 aliphatic carbocycles. The Morgan fingerprint density at radius 2 is 2.31 bits per heavy atom. The summed E-state index contributed by atoms with van der Waals surface area (Å²) in [5.74, 6) is -0.0455. The van der Waals surface area contributed by atoms with E-state index in [1.807, 2.05) is 0 Å². The minimum Gasteiger partial charge on any atom is -0.465 e. The van der Waals surface area contributed by atoms with Gasteiger partial charge in [0.2, 0.25) is 0 Å². The summed E-state index contributed by atoms with van der Waals surface area (Å²) in [7, 11) is 1.33. The van der Waals surface area contributed by atoms with Gasteiger partial charge in [-0.25, -0.2) is 9.78 Å². The molecule has 0 aliphatic heterocycles. The quantitative estimate of drug-likeness (QED) is 0.762. The Balaban J connectivity index is 3.23. The summed E-state index contributed by atoms with van der Waals surface area (Å²) in [6.45, 7) is 1.70. The lowest BCUT2D eigenvalue weighted by Gasteiger charge is -2.05. The summed E-state index contributed by atoms with van der Waals surface area (Å²) >= 11 is 3.18. The van der Waals surface area contributed by atoms with Crippen molar-refractivity contribution in [3.05, 3.63) is 21.8 Å². The van der Waals surface area contributed by atoms with Crippen LogP contribution in [-0.2, 0) is 4.74 Å². The molecule has 0 radical (unpaired) electrons. The molecule has 0 atom stereocenters. The predicted molar refractivity (Wildman–Crippen MR) is 52.4 cm³/mol. The molecule has 1 rings (SSSR count). The standard InChI is InChI=1S/C8H9BrN2O2/c1-4-5(8(12)13-2)3-6(9)7(10)11-4/h3H,1-2H3,(H2,10,11). The van der Waals surface area contributed by atoms with Crippen molar-refractivity contribution in [2.24, 2.45) is 0 Å². The Morgan fingerprint density at radius 1 is 1.69 bits per heavy atom. The highest BCUT2D eigenvalue weighted by atomic mass is 79.9. The van der Waals surface area contributed by atoms with Gasteiger partial charge in [0, 0.05) is 0 Å². The van der Waals surface area contributed by atoms with Crippen molar-refractivity contribution >= 4 is 27.7 Å². The second-order valence-electron chi connectivity index (χ2n) is 2.48. The molecule has 0 aromatic carbocycles. The third-order valence-electron chi connectivity index (χ3n) is 1.60. The van der Waals surface area contributed by atoms with Crippen molar-refractivity contribution in [1.82, 2.24) is 4.98 Å². The number of pyridine rings is 1. The van der Waals surface area contributed by atoms with Gasteiger partial charge in [0.15, 0.2) is 0 Å². The first-order valence-electron chi connectivity index (χ1n) is 3.57. The van der Waals surface area contributed by atoms with E-state index in [1.54, 1.807) is 13.0 Å². The molecule has 0 unspecified atom stereocenters. The third-order valence-corrected chi connectivity index (χ3v) is 2.23. The fourth-order valence-electron chi connectivity index (χ4n) is 0.916. The smallest absolute Gasteiger partial charge is 0.339 e. The average Bonchev–Trinajstić information content (AvgIpc) is 2.10. The van der Waals surface area contributed by atoms with Crippen LogP contribution in [0.5, 0.6) is 0 Å². The van der Waals surface area contributed by atoms with Gasteiger partial charge >= 0.3 is 5.97 Å². The summed E-state index contributed by atoms with van der Waals surface area (Å²) in [5.41, 5.74) is 6.50. The molecule has 0 fully saturated rings. The van der Waals surface area contributed by atoms with Crippen molar-refractivity contribution in [2.45, 2.75) is 6.92 Å². The van der Waals surface area contributed by atoms with E-state index in [1.165, 1.54) is 7.11 Å². The van der Waals surface area contributed by atoms with Crippen LogP contribution in [0.1, 0.15) is 16.1 Å². The van der Waals surface area contributed by atoms with Gasteiger partial charge in [-0.1, -0.05) is 0 Å². The highest BCUT2D eigenvalue weighted by molar-refractivity contribution is 9.10. The van der Waals surface area contributed by atoms with Crippen LogP contribution in [-0.4, -0.2) is 18.1 Å². The summed E-state index contributed by atoms with van der Waals surface area (Å²) in [6, 6.07) is 1.60. The minimum atomic E-state index is -0.411. The zero-order valence-corrected chi connectivity index (χ0v) is 8.88. The maximum absolute atomic E-state index is 11.2. The van der Waals surface area contributed by atoms with Crippen LogP contribution in [0.15, 0.2) is 10.5 Å². The van der Waals surface area contributed by atoms with E-state index in [0.29, 0.717) is 21.5 Å². The van der Waals surface area contributed by atoms with E-state index in [4.69, 9.17) is 5.73 Å². The van der Waals surface area contributed by atoms with Crippen molar-refractivity contribution < 1.29 is 9.53 Å². The lowest BCUT2D eigenvalue weighted by atomic mass is 10.2. The van der Waals surface area contributed by atoms with Gasteiger partial charge in [0.1, 0.15) is 5.82 Å². The molecule has 0 bridgehead atoms. The topological polar surface area (TPSA) is 65.2 Å². The fourth-order valence-corrected chi connectivity index (χ4v) is 1.23. The lowest BCUT2D eigenvalue weighted by Crippen LogP contribution is -2.07. The Hall–Kier alpha value is -1.10. The number of aryl methyl sites for hydroxylation is 1. The minimum absolute atomic E-state index is 0.366. The number of rotatable bonds is 1. The first-order valence-corrected chi connectivity index (χ1v) is 4.36. The van der Waals surface area contributed by atoms with E-state index in [9.17, 15) is 4.79 Å². The summed E-state index contributed by atoms with van der Waals surface area (Å²) < 4.78 is 5.17. The molecule has 0 spiro atoms. The van der Waals surface area contributed by atoms with E-state index in [0.717, 1.165) is 0 Å². The molecule has 1 heterocycles. The SMILES string of the molecule is COC(=O)c1cc(Br)c(N)nc1C. The molecule has 0 saturated heterocycles. The molecule has 70 valence electrons. The third kappa shape index (κ3) is 1.98. The molecule has 4 nitrogen and oxygen atoms in total. The average molecular weight is 245 g/mol. The maximum Gasteiger partial charge on any atom is 0.339 e. The Kier molecular flexibility index (Phi) is 2.87. The van der Waals surface area contributed by atoms with Crippen LogP contribution < -0.4 is 5.73 Å². The van der Waals surface area contributed by atoms with Crippen molar-refractivity contribution in [3.63, 3.8) is 0 Å². The zero-order valence-electron chi connectivity index (χ0n) is 7.30.